The van der Waals surface area contributed by atoms with Gasteiger partial charge in [0, 0.05) is 35.5 Å². The first-order valence-electron chi connectivity index (χ1n) is 9.89. The lowest BCUT2D eigenvalue weighted by molar-refractivity contribution is 0.0197. The second-order valence-corrected chi connectivity index (χ2v) is 9.73. The highest BCUT2D eigenvalue weighted by Crippen LogP contribution is 2.32. The van der Waals surface area contributed by atoms with E-state index in [1.165, 1.54) is 4.88 Å². The van der Waals surface area contributed by atoms with E-state index >= 15 is 0 Å². The van der Waals surface area contributed by atoms with E-state index in [2.05, 4.69) is 23.5 Å². The van der Waals surface area contributed by atoms with Gasteiger partial charge in [-0.1, -0.05) is 0 Å². The van der Waals surface area contributed by atoms with Gasteiger partial charge in [0.25, 0.3) is 0 Å². The number of carbonyl (C=O) groups excluding carboxylic acids is 1. The zero-order valence-corrected chi connectivity index (χ0v) is 18.1. The lowest BCUT2D eigenvalue weighted by Crippen LogP contribution is -2.42. The number of thiophene rings is 1. The van der Waals surface area contributed by atoms with Crippen LogP contribution >= 0.6 is 11.3 Å². The fourth-order valence-electron chi connectivity index (χ4n) is 3.71. The summed E-state index contributed by atoms with van der Waals surface area (Å²) < 4.78 is 7.23. The molecular weight excluding hydrogens is 386 g/mol. The zero-order valence-electron chi connectivity index (χ0n) is 17.3. The predicted octanol–water partition coefficient (Wildman–Crippen LogP) is 4.46. The van der Waals surface area contributed by atoms with Crippen molar-refractivity contribution in [2.24, 2.45) is 0 Å². The van der Waals surface area contributed by atoms with Crippen LogP contribution in [0.2, 0.25) is 0 Å². The van der Waals surface area contributed by atoms with Crippen LogP contribution in [0.25, 0.3) is 16.8 Å². The third kappa shape index (κ3) is 4.07. The monoisotopic (exact) mass is 413 g/mol. The predicted molar refractivity (Wildman–Crippen MR) is 115 cm³/mol. The molecule has 1 amide bonds. The van der Waals surface area contributed by atoms with Crippen LogP contribution in [-0.2, 0) is 4.74 Å². The van der Waals surface area contributed by atoms with Crippen LogP contribution in [0.3, 0.4) is 0 Å². The number of aryl methyl sites for hydroxylation is 1. The van der Waals surface area contributed by atoms with Gasteiger partial charge in [0.2, 0.25) is 0 Å². The van der Waals surface area contributed by atoms with Crippen LogP contribution in [0.4, 0.5) is 10.6 Å². The van der Waals surface area contributed by atoms with Crippen LogP contribution in [0.15, 0.2) is 23.7 Å². The number of hydrogen-bond acceptors (Lipinski definition) is 6. The van der Waals surface area contributed by atoms with Gasteiger partial charge in [0.15, 0.2) is 5.65 Å². The molecule has 1 aliphatic rings. The molecule has 0 radical (unpaired) electrons. The van der Waals surface area contributed by atoms with Crippen LogP contribution < -0.4 is 5.73 Å². The summed E-state index contributed by atoms with van der Waals surface area (Å²) in [6, 6.07) is 4.02. The Hall–Kier alpha value is -2.61. The number of carbonyl (C=O) groups is 1. The summed E-state index contributed by atoms with van der Waals surface area (Å²) in [5.74, 6) is 0.674. The Balaban J connectivity index is 1.64. The third-order valence-corrected chi connectivity index (χ3v) is 5.91. The average molecular weight is 414 g/mol. The van der Waals surface area contributed by atoms with Crippen LogP contribution in [-0.4, -0.2) is 44.3 Å². The van der Waals surface area contributed by atoms with Crippen molar-refractivity contribution in [3.63, 3.8) is 0 Å². The Bertz CT molecular complexity index is 1050. The van der Waals surface area contributed by atoms with E-state index in [9.17, 15) is 4.79 Å². The molecule has 8 heteroatoms. The van der Waals surface area contributed by atoms with E-state index in [0.717, 1.165) is 35.3 Å². The number of nitrogens with zero attached hydrogens (tertiary/aromatic N) is 4. The number of fused-ring (bicyclic) bond motifs is 1. The van der Waals surface area contributed by atoms with Gasteiger partial charge in [-0.15, -0.1) is 11.3 Å². The molecule has 0 aliphatic carbocycles. The largest absolute Gasteiger partial charge is 0.444 e. The molecular formula is C21H27N5O2S. The molecule has 0 saturated carbocycles. The Morgan fingerprint density at radius 2 is 2.14 bits per heavy atom. The number of rotatable bonds is 2. The second-order valence-electron chi connectivity index (χ2n) is 8.61. The maximum absolute atomic E-state index is 12.5. The average Bonchev–Trinajstić information content (AvgIpc) is 3.26. The molecule has 1 atom stereocenters. The normalized spacial score (nSPS) is 17.7. The van der Waals surface area contributed by atoms with Crippen molar-refractivity contribution in [2.75, 3.05) is 18.8 Å². The molecule has 3 aromatic heterocycles. The molecule has 1 unspecified atom stereocenters. The van der Waals surface area contributed by atoms with Crippen molar-refractivity contribution >= 4 is 28.9 Å². The van der Waals surface area contributed by atoms with E-state index in [1.54, 1.807) is 20.8 Å². The molecule has 1 aliphatic heterocycles. The van der Waals surface area contributed by atoms with Gasteiger partial charge < -0.3 is 15.4 Å². The van der Waals surface area contributed by atoms with Crippen molar-refractivity contribution in [3.05, 3.63) is 34.3 Å². The molecule has 3 aromatic rings. The van der Waals surface area contributed by atoms with Crippen molar-refractivity contribution < 1.29 is 9.53 Å². The van der Waals surface area contributed by atoms with Crippen molar-refractivity contribution in [2.45, 2.75) is 52.1 Å². The fourth-order valence-corrected chi connectivity index (χ4v) is 4.42. The van der Waals surface area contributed by atoms with E-state index in [-0.39, 0.29) is 12.0 Å². The summed E-state index contributed by atoms with van der Waals surface area (Å²) in [6.45, 7) is 9.02. The number of nitrogen functional groups attached to an aromatic ring is 1. The smallest absolute Gasteiger partial charge is 0.410 e. The van der Waals surface area contributed by atoms with Gasteiger partial charge in [-0.25, -0.2) is 9.78 Å². The molecule has 0 bridgehead atoms. The van der Waals surface area contributed by atoms with Gasteiger partial charge >= 0.3 is 6.09 Å². The fraction of sp³-hybridized carbons (Fsp3) is 0.476. The van der Waals surface area contributed by atoms with Crippen LogP contribution in [0.1, 0.15) is 50.1 Å². The van der Waals surface area contributed by atoms with Crippen LogP contribution in [0, 0.1) is 6.92 Å². The van der Waals surface area contributed by atoms with Gasteiger partial charge in [-0.05, 0) is 57.5 Å². The van der Waals surface area contributed by atoms with Crippen molar-refractivity contribution in [3.8, 4) is 11.1 Å². The molecule has 7 nitrogen and oxygen atoms in total. The number of likely N-dealkylation sites (tertiary alicyclic amines) is 1. The lowest BCUT2D eigenvalue weighted by Gasteiger charge is -2.34. The SMILES string of the molecule is Cc1cc(-c2cnn3c(N)cc(C4CCCN(C(=O)OC(C)(C)C)C4)nc23)cs1. The highest BCUT2D eigenvalue weighted by Gasteiger charge is 2.29. The Labute approximate surface area is 174 Å². The Morgan fingerprint density at radius 1 is 1.34 bits per heavy atom. The van der Waals surface area contributed by atoms with E-state index in [4.69, 9.17) is 15.5 Å². The van der Waals surface area contributed by atoms with E-state index in [1.807, 2.05) is 33.0 Å². The first kappa shape index (κ1) is 19.7. The summed E-state index contributed by atoms with van der Waals surface area (Å²) in [5, 5.41) is 6.54. The molecule has 1 fully saturated rings. The Kier molecular flexibility index (Phi) is 4.98. The minimum absolute atomic E-state index is 0.121. The summed E-state index contributed by atoms with van der Waals surface area (Å²) >= 11 is 1.70. The van der Waals surface area contributed by atoms with E-state index in [0.29, 0.717) is 18.9 Å². The summed E-state index contributed by atoms with van der Waals surface area (Å²) in [6.07, 6.45) is 3.42. The molecule has 4 heterocycles. The highest BCUT2D eigenvalue weighted by atomic mass is 32.1. The van der Waals surface area contributed by atoms with Crippen LogP contribution in [0.5, 0.6) is 0 Å². The summed E-state index contributed by atoms with van der Waals surface area (Å²) in [7, 11) is 0. The minimum atomic E-state index is -0.503. The maximum Gasteiger partial charge on any atom is 0.410 e. The molecule has 2 N–H and O–H groups in total. The topological polar surface area (TPSA) is 85.8 Å². The van der Waals surface area contributed by atoms with E-state index < -0.39 is 5.60 Å². The molecule has 4 rings (SSSR count). The number of aromatic nitrogens is 3. The summed E-state index contributed by atoms with van der Waals surface area (Å²) in [4.78, 5) is 20.5. The zero-order chi connectivity index (χ0) is 20.8. The standard InChI is InChI=1S/C21H27N5O2S/c1-13-8-15(12-29-13)16-10-23-26-18(22)9-17(24-19(16)26)14-6-5-7-25(11-14)20(27)28-21(2,3)4/h8-10,12,14H,5-7,11,22H2,1-4H3. The number of nitrogens with two attached hydrogens (primary N) is 1. The molecule has 1 saturated heterocycles. The quantitative estimate of drug-likeness (QED) is 0.670. The second kappa shape index (κ2) is 7.33. The van der Waals surface area contributed by atoms with Crippen molar-refractivity contribution in [1.29, 1.82) is 0 Å². The molecule has 0 spiro atoms. The van der Waals surface area contributed by atoms with Gasteiger partial charge in [-0.2, -0.15) is 9.61 Å². The minimum Gasteiger partial charge on any atom is -0.444 e. The molecule has 29 heavy (non-hydrogen) atoms. The molecule has 154 valence electrons. The maximum atomic E-state index is 12.5. The number of amides is 1. The lowest BCUT2D eigenvalue weighted by atomic mass is 9.94. The number of piperidine rings is 1. The highest BCUT2D eigenvalue weighted by molar-refractivity contribution is 7.10. The van der Waals surface area contributed by atoms with Crippen molar-refractivity contribution in [1.82, 2.24) is 19.5 Å². The van der Waals surface area contributed by atoms with Gasteiger partial charge in [0.05, 0.1) is 11.9 Å². The summed E-state index contributed by atoms with van der Waals surface area (Å²) in [5.41, 5.74) is 9.53. The number of hydrogen-bond donors (Lipinski definition) is 1. The Morgan fingerprint density at radius 3 is 2.83 bits per heavy atom. The van der Waals surface area contributed by atoms with Gasteiger partial charge in [0.1, 0.15) is 11.4 Å². The number of anilines is 1. The first-order chi connectivity index (χ1) is 13.7. The molecule has 0 aromatic carbocycles. The van der Waals surface area contributed by atoms with Gasteiger partial charge in [-0.3, -0.25) is 0 Å². The first-order valence-corrected chi connectivity index (χ1v) is 10.8. The third-order valence-electron chi connectivity index (χ3n) is 5.05. The number of ether oxygens (including phenoxy) is 1.